The van der Waals surface area contributed by atoms with Crippen LogP contribution >= 0.6 is 0 Å². The third-order valence-electron chi connectivity index (χ3n) is 3.78. The quantitative estimate of drug-likeness (QED) is 0.853. The van der Waals surface area contributed by atoms with Crippen molar-refractivity contribution in [3.05, 3.63) is 35.4 Å². The first-order chi connectivity index (χ1) is 10.1. The summed E-state index contributed by atoms with van der Waals surface area (Å²) in [6, 6.07) is 8.24. The van der Waals surface area contributed by atoms with E-state index in [1.54, 1.807) is 4.90 Å². The number of hydrogen-bond donors (Lipinski definition) is 0. The zero-order valence-electron chi connectivity index (χ0n) is 12.7. The Hall–Kier alpha value is -2.04. The summed E-state index contributed by atoms with van der Waals surface area (Å²) < 4.78 is 4.69. The Bertz CT molecular complexity index is 508. The van der Waals surface area contributed by atoms with Gasteiger partial charge in [0.25, 0.3) is 0 Å². The lowest BCUT2D eigenvalue weighted by molar-refractivity contribution is -0.132. The number of carbonyl (C=O) groups excluding carboxylic acids is 2. The largest absolute Gasteiger partial charge is 0.453 e. The van der Waals surface area contributed by atoms with Crippen molar-refractivity contribution >= 4 is 12.0 Å². The van der Waals surface area contributed by atoms with E-state index >= 15 is 0 Å². The molecule has 1 aromatic carbocycles. The van der Waals surface area contributed by atoms with Crippen molar-refractivity contribution in [1.82, 2.24) is 9.80 Å². The number of carbonyl (C=O) groups is 2. The van der Waals surface area contributed by atoms with Gasteiger partial charge in [-0.1, -0.05) is 29.8 Å². The predicted molar refractivity (Wildman–Crippen MR) is 80.1 cm³/mol. The molecule has 0 saturated carbocycles. The van der Waals surface area contributed by atoms with Crippen LogP contribution in [0.3, 0.4) is 0 Å². The number of hydrogen-bond acceptors (Lipinski definition) is 3. The summed E-state index contributed by atoms with van der Waals surface area (Å²) in [5.74, 6) is 0.154. The molecule has 0 radical (unpaired) electrons. The molecule has 21 heavy (non-hydrogen) atoms. The molecule has 5 heteroatoms. The summed E-state index contributed by atoms with van der Waals surface area (Å²) >= 11 is 0. The van der Waals surface area contributed by atoms with Crippen molar-refractivity contribution in [3.8, 4) is 0 Å². The van der Waals surface area contributed by atoms with E-state index in [0.29, 0.717) is 32.6 Å². The summed E-state index contributed by atoms with van der Waals surface area (Å²) in [5.41, 5.74) is 2.41. The van der Waals surface area contributed by atoms with Gasteiger partial charge in [-0.15, -0.1) is 0 Å². The van der Waals surface area contributed by atoms with Crippen LogP contribution in [0.25, 0.3) is 0 Å². The summed E-state index contributed by atoms with van der Waals surface area (Å²) in [6.45, 7) is 4.31. The lowest BCUT2D eigenvalue weighted by Crippen LogP contribution is -2.50. The van der Waals surface area contributed by atoms with Crippen LogP contribution in [0.5, 0.6) is 0 Å². The Morgan fingerprint density at radius 1 is 1.14 bits per heavy atom. The number of amides is 2. The molecule has 5 nitrogen and oxygen atoms in total. The lowest BCUT2D eigenvalue weighted by Gasteiger charge is -2.33. The zero-order chi connectivity index (χ0) is 15.2. The Kier molecular flexibility index (Phi) is 5.20. The minimum Gasteiger partial charge on any atom is -0.453 e. The van der Waals surface area contributed by atoms with Crippen LogP contribution in [0.1, 0.15) is 17.5 Å². The van der Waals surface area contributed by atoms with Crippen molar-refractivity contribution in [2.24, 2.45) is 0 Å². The topological polar surface area (TPSA) is 49.9 Å². The zero-order valence-corrected chi connectivity index (χ0v) is 12.7. The normalized spacial score (nSPS) is 15.0. The molecule has 114 valence electrons. The Morgan fingerprint density at radius 3 is 2.43 bits per heavy atom. The second-order valence-electron chi connectivity index (χ2n) is 5.33. The van der Waals surface area contributed by atoms with Crippen molar-refractivity contribution in [2.45, 2.75) is 19.8 Å². The van der Waals surface area contributed by atoms with Gasteiger partial charge in [-0.3, -0.25) is 4.79 Å². The highest BCUT2D eigenvalue weighted by atomic mass is 16.5. The van der Waals surface area contributed by atoms with Gasteiger partial charge in [0.2, 0.25) is 5.91 Å². The van der Waals surface area contributed by atoms with Gasteiger partial charge >= 0.3 is 6.09 Å². The molecule has 0 aromatic heterocycles. The van der Waals surface area contributed by atoms with Crippen LogP contribution in [-0.2, 0) is 16.0 Å². The Balaban J connectivity index is 1.78. The second-order valence-corrected chi connectivity index (χ2v) is 5.33. The van der Waals surface area contributed by atoms with E-state index in [4.69, 9.17) is 0 Å². The fraction of sp³-hybridized carbons (Fsp3) is 0.500. The summed E-state index contributed by atoms with van der Waals surface area (Å²) in [7, 11) is 1.38. The number of rotatable bonds is 3. The van der Waals surface area contributed by atoms with E-state index < -0.39 is 0 Å². The monoisotopic (exact) mass is 290 g/mol. The van der Waals surface area contributed by atoms with Crippen LogP contribution in [0, 0.1) is 6.92 Å². The maximum atomic E-state index is 12.2. The molecule has 2 amide bonds. The SMILES string of the molecule is COC(=O)N1CCN(C(=O)CCc2cccc(C)c2)CC1. The van der Waals surface area contributed by atoms with E-state index in [9.17, 15) is 9.59 Å². The molecule has 0 N–H and O–H groups in total. The molecule has 1 aliphatic rings. The summed E-state index contributed by atoms with van der Waals surface area (Å²) in [6.07, 6.45) is 0.959. The van der Waals surface area contributed by atoms with Gasteiger partial charge in [0.15, 0.2) is 0 Å². The molecular formula is C16H22N2O3. The van der Waals surface area contributed by atoms with Crippen LogP contribution in [0.4, 0.5) is 4.79 Å². The van der Waals surface area contributed by atoms with Crippen LogP contribution in [0.2, 0.25) is 0 Å². The molecule has 1 saturated heterocycles. The minimum absolute atomic E-state index is 0.154. The number of nitrogens with zero attached hydrogens (tertiary/aromatic N) is 2. The van der Waals surface area contributed by atoms with Gasteiger partial charge in [-0.2, -0.15) is 0 Å². The summed E-state index contributed by atoms with van der Waals surface area (Å²) in [5, 5.41) is 0. The molecule has 1 fully saturated rings. The van der Waals surface area contributed by atoms with Gasteiger partial charge < -0.3 is 14.5 Å². The minimum atomic E-state index is -0.318. The number of piperazine rings is 1. The number of methoxy groups -OCH3 is 1. The first-order valence-electron chi connectivity index (χ1n) is 7.26. The van der Waals surface area contributed by atoms with E-state index in [0.717, 1.165) is 6.42 Å². The van der Waals surface area contributed by atoms with Gasteiger partial charge in [0.05, 0.1) is 7.11 Å². The highest BCUT2D eigenvalue weighted by Crippen LogP contribution is 2.10. The number of benzene rings is 1. The Morgan fingerprint density at radius 2 is 1.81 bits per heavy atom. The lowest BCUT2D eigenvalue weighted by atomic mass is 10.1. The van der Waals surface area contributed by atoms with Crippen LogP contribution < -0.4 is 0 Å². The molecule has 1 heterocycles. The fourth-order valence-corrected chi connectivity index (χ4v) is 2.54. The Labute approximate surface area is 125 Å². The molecular weight excluding hydrogens is 268 g/mol. The fourth-order valence-electron chi connectivity index (χ4n) is 2.54. The van der Waals surface area contributed by atoms with E-state index in [2.05, 4.69) is 29.9 Å². The number of ether oxygens (including phenoxy) is 1. The molecule has 0 bridgehead atoms. The second kappa shape index (κ2) is 7.11. The van der Waals surface area contributed by atoms with Crippen molar-refractivity contribution in [3.63, 3.8) is 0 Å². The predicted octanol–water partition coefficient (Wildman–Crippen LogP) is 1.84. The van der Waals surface area contributed by atoms with Gasteiger partial charge in [-0.05, 0) is 18.9 Å². The smallest absolute Gasteiger partial charge is 0.409 e. The van der Waals surface area contributed by atoms with Crippen LogP contribution in [0.15, 0.2) is 24.3 Å². The molecule has 0 aliphatic carbocycles. The van der Waals surface area contributed by atoms with Gasteiger partial charge in [-0.25, -0.2) is 4.79 Å². The molecule has 0 atom stereocenters. The van der Waals surface area contributed by atoms with E-state index in [-0.39, 0.29) is 12.0 Å². The molecule has 0 spiro atoms. The molecule has 1 aromatic rings. The molecule has 1 aliphatic heterocycles. The van der Waals surface area contributed by atoms with Crippen molar-refractivity contribution in [1.29, 1.82) is 0 Å². The standard InChI is InChI=1S/C16H22N2O3/c1-13-4-3-5-14(12-13)6-7-15(19)17-8-10-18(11-9-17)16(20)21-2/h3-5,12H,6-11H2,1-2H3. The maximum Gasteiger partial charge on any atom is 0.409 e. The van der Waals surface area contributed by atoms with Crippen molar-refractivity contribution in [2.75, 3.05) is 33.3 Å². The third kappa shape index (κ3) is 4.21. The van der Waals surface area contributed by atoms with E-state index in [1.165, 1.54) is 18.2 Å². The van der Waals surface area contributed by atoms with Crippen molar-refractivity contribution < 1.29 is 14.3 Å². The highest BCUT2D eigenvalue weighted by molar-refractivity contribution is 5.77. The maximum absolute atomic E-state index is 12.2. The molecule has 0 unspecified atom stereocenters. The van der Waals surface area contributed by atoms with Gasteiger partial charge in [0.1, 0.15) is 0 Å². The first kappa shape index (κ1) is 15.4. The van der Waals surface area contributed by atoms with Crippen LogP contribution in [-0.4, -0.2) is 55.1 Å². The van der Waals surface area contributed by atoms with Gasteiger partial charge in [0, 0.05) is 32.6 Å². The number of aryl methyl sites for hydroxylation is 2. The molecule has 2 rings (SSSR count). The van der Waals surface area contributed by atoms with E-state index in [1.807, 2.05) is 11.0 Å². The third-order valence-corrected chi connectivity index (χ3v) is 3.78. The summed E-state index contributed by atoms with van der Waals surface area (Å²) in [4.78, 5) is 27.0. The highest BCUT2D eigenvalue weighted by Gasteiger charge is 2.24. The average molecular weight is 290 g/mol. The first-order valence-corrected chi connectivity index (χ1v) is 7.26. The average Bonchev–Trinajstić information content (AvgIpc) is 2.52.